The first kappa shape index (κ1) is 17.7. The minimum absolute atomic E-state index is 0.0442. The summed E-state index contributed by atoms with van der Waals surface area (Å²) >= 11 is 0. The minimum atomic E-state index is -0.0970. The number of phenolic OH excluding ortho intramolecular Hbond substituents is 1. The van der Waals surface area contributed by atoms with Gasteiger partial charge in [0.25, 0.3) is 0 Å². The molecule has 0 aromatic heterocycles. The molecule has 0 unspecified atom stereocenters. The summed E-state index contributed by atoms with van der Waals surface area (Å²) in [5.74, 6) is 0.162. The molecular formula is C19H30O2. The molecule has 0 amide bonds. The van der Waals surface area contributed by atoms with Crippen LogP contribution in [0, 0.1) is 0 Å². The van der Waals surface area contributed by atoms with Crippen LogP contribution in [0.5, 0.6) is 5.75 Å². The van der Waals surface area contributed by atoms with E-state index in [0.29, 0.717) is 5.56 Å². The molecule has 2 heteroatoms. The standard InChI is InChI=1S/C19H30O2/c1-7-18(5,8-2)15-11-14(13-20)17(21)16(12-15)19(6,9-3)10-4/h11-13,21H,7-10H2,1-6H3. The molecule has 0 aliphatic carbocycles. The van der Waals surface area contributed by atoms with Gasteiger partial charge in [0.1, 0.15) is 5.75 Å². The summed E-state index contributed by atoms with van der Waals surface area (Å²) in [6.07, 6.45) is 4.68. The van der Waals surface area contributed by atoms with E-state index in [1.54, 1.807) is 0 Å². The Bertz CT molecular complexity index is 495. The topological polar surface area (TPSA) is 37.3 Å². The van der Waals surface area contributed by atoms with Gasteiger partial charge in [-0.3, -0.25) is 4.79 Å². The molecule has 2 nitrogen and oxygen atoms in total. The Morgan fingerprint density at radius 2 is 1.43 bits per heavy atom. The highest BCUT2D eigenvalue weighted by molar-refractivity contribution is 5.81. The molecule has 0 atom stereocenters. The highest BCUT2D eigenvalue weighted by atomic mass is 16.3. The summed E-state index contributed by atoms with van der Waals surface area (Å²) in [5, 5.41) is 10.5. The Morgan fingerprint density at radius 3 is 1.81 bits per heavy atom. The quantitative estimate of drug-likeness (QED) is 0.686. The molecule has 0 aliphatic rings. The molecule has 0 spiro atoms. The zero-order valence-electron chi connectivity index (χ0n) is 14.4. The lowest BCUT2D eigenvalue weighted by Gasteiger charge is -2.33. The molecule has 0 bridgehead atoms. The fourth-order valence-electron chi connectivity index (χ4n) is 2.84. The van der Waals surface area contributed by atoms with Gasteiger partial charge in [0.2, 0.25) is 0 Å². The maximum atomic E-state index is 11.4. The number of aromatic hydroxyl groups is 1. The molecule has 0 fully saturated rings. The van der Waals surface area contributed by atoms with Crippen molar-refractivity contribution in [2.75, 3.05) is 0 Å². The van der Waals surface area contributed by atoms with E-state index >= 15 is 0 Å². The summed E-state index contributed by atoms with van der Waals surface area (Å²) in [7, 11) is 0. The number of carbonyl (C=O) groups excluding carboxylic acids is 1. The number of phenols is 1. The molecule has 1 aromatic rings. The van der Waals surface area contributed by atoms with Crippen molar-refractivity contribution in [3.05, 3.63) is 28.8 Å². The summed E-state index contributed by atoms with van der Waals surface area (Å²) in [4.78, 5) is 11.4. The average Bonchev–Trinajstić information content (AvgIpc) is 2.53. The second kappa shape index (κ2) is 6.64. The van der Waals surface area contributed by atoms with Crippen molar-refractivity contribution in [3.63, 3.8) is 0 Å². The molecule has 0 saturated carbocycles. The summed E-state index contributed by atoms with van der Waals surface area (Å²) < 4.78 is 0. The van der Waals surface area contributed by atoms with Crippen LogP contribution in [0.1, 0.15) is 88.7 Å². The Kier molecular flexibility index (Phi) is 5.61. The molecule has 1 rings (SSSR count). The number of rotatable bonds is 7. The van der Waals surface area contributed by atoms with Crippen molar-refractivity contribution >= 4 is 6.29 Å². The second-order valence-electron chi connectivity index (χ2n) is 6.62. The van der Waals surface area contributed by atoms with Crippen LogP contribution in [0.25, 0.3) is 0 Å². The molecule has 0 saturated heterocycles. The van der Waals surface area contributed by atoms with Crippen LogP contribution in [0.4, 0.5) is 0 Å². The van der Waals surface area contributed by atoms with Crippen molar-refractivity contribution in [1.29, 1.82) is 0 Å². The third-order valence-electron chi connectivity index (χ3n) is 5.73. The summed E-state index contributed by atoms with van der Waals surface area (Å²) in [6, 6.07) is 3.99. The van der Waals surface area contributed by atoms with Gasteiger partial charge in [0.15, 0.2) is 6.29 Å². The third kappa shape index (κ3) is 3.14. The van der Waals surface area contributed by atoms with Gasteiger partial charge < -0.3 is 5.11 Å². The monoisotopic (exact) mass is 290 g/mol. The first-order chi connectivity index (χ1) is 9.81. The number of hydrogen-bond acceptors (Lipinski definition) is 2. The van der Waals surface area contributed by atoms with Gasteiger partial charge in [0.05, 0.1) is 5.56 Å². The summed E-state index contributed by atoms with van der Waals surface area (Å²) in [5.41, 5.74) is 2.45. The third-order valence-corrected chi connectivity index (χ3v) is 5.73. The lowest BCUT2D eigenvalue weighted by atomic mass is 9.72. The second-order valence-corrected chi connectivity index (χ2v) is 6.62. The van der Waals surface area contributed by atoms with Crippen LogP contribution >= 0.6 is 0 Å². The maximum Gasteiger partial charge on any atom is 0.153 e. The van der Waals surface area contributed by atoms with Gasteiger partial charge in [-0.05, 0) is 48.1 Å². The molecular weight excluding hydrogens is 260 g/mol. The van der Waals surface area contributed by atoms with Crippen LogP contribution in [0.15, 0.2) is 12.1 Å². The molecule has 1 N–H and O–H groups in total. The van der Waals surface area contributed by atoms with Crippen LogP contribution in [0.3, 0.4) is 0 Å². The highest BCUT2D eigenvalue weighted by Crippen LogP contribution is 2.42. The van der Waals surface area contributed by atoms with E-state index in [9.17, 15) is 9.90 Å². The predicted molar refractivity (Wildman–Crippen MR) is 89.4 cm³/mol. The van der Waals surface area contributed by atoms with Crippen LogP contribution in [0.2, 0.25) is 0 Å². The molecule has 118 valence electrons. The Labute approximate surface area is 129 Å². The highest BCUT2D eigenvalue weighted by Gasteiger charge is 2.31. The largest absolute Gasteiger partial charge is 0.507 e. The van der Waals surface area contributed by atoms with Crippen molar-refractivity contribution in [2.24, 2.45) is 0 Å². The van der Waals surface area contributed by atoms with E-state index in [0.717, 1.165) is 43.1 Å². The molecule has 1 aromatic carbocycles. The summed E-state index contributed by atoms with van der Waals surface area (Å²) in [6.45, 7) is 13.0. The number of hydrogen-bond donors (Lipinski definition) is 1. The average molecular weight is 290 g/mol. The van der Waals surface area contributed by atoms with Gasteiger partial charge in [-0.2, -0.15) is 0 Å². The minimum Gasteiger partial charge on any atom is -0.507 e. The van der Waals surface area contributed by atoms with E-state index in [2.05, 4.69) is 47.6 Å². The van der Waals surface area contributed by atoms with Crippen LogP contribution in [-0.2, 0) is 10.8 Å². The Hall–Kier alpha value is -1.31. The van der Waals surface area contributed by atoms with Crippen molar-refractivity contribution in [1.82, 2.24) is 0 Å². The maximum absolute atomic E-state index is 11.4. The van der Waals surface area contributed by atoms with E-state index in [1.165, 1.54) is 0 Å². The van der Waals surface area contributed by atoms with E-state index < -0.39 is 0 Å². The fourth-order valence-corrected chi connectivity index (χ4v) is 2.84. The first-order valence-corrected chi connectivity index (χ1v) is 8.15. The molecule has 0 radical (unpaired) electrons. The Morgan fingerprint density at radius 1 is 0.952 bits per heavy atom. The van der Waals surface area contributed by atoms with Gasteiger partial charge in [-0.1, -0.05) is 47.6 Å². The number of benzene rings is 1. The van der Waals surface area contributed by atoms with Crippen LogP contribution < -0.4 is 0 Å². The number of aldehydes is 1. The van der Waals surface area contributed by atoms with Gasteiger partial charge in [0, 0.05) is 5.56 Å². The van der Waals surface area contributed by atoms with Crippen molar-refractivity contribution in [3.8, 4) is 5.75 Å². The molecule has 0 aliphatic heterocycles. The zero-order valence-corrected chi connectivity index (χ0v) is 14.4. The zero-order chi connectivity index (χ0) is 16.3. The number of carbonyl (C=O) groups is 1. The van der Waals surface area contributed by atoms with Gasteiger partial charge in [-0.15, -0.1) is 0 Å². The smallest absolute Gasteiger partial charge is 0.153 e. The van der Waals surface area contributed by atoms with Crippen molar-refractivity contribution < 1.29 is 9.90 Å². The van der Waals surface area contributed by atoms with Gasteiger partial charge >= 0.3 is 0 Å². The van der Waals surface area contributed by atoms with Crippen molar-refractivity contribution in [2.45, 2.75) is 78.1 Å². The van der Waals surface area contributed by atoms with Gasteiger partial charge in [-0.25, -0.2) is 0 Å². The normalized spacial score (nSPS) is 12.5. The van der Waals surface area contributed by atoms with E-state index in [1.807, 2.05) is 6.07 Å². The SMILES string of the molecule is CCC(C)(CC)c1cc(C=O)c(O)c(C(C)(CC)CC)c1. The van der Waals surface area contributed by atoms with Crippen LogP contribution in [-0.4, -0.2) is 11.4 Å². The lowest BCUT2D eigenvalue weighted by molar-refractivity contribution is 0.112. The van der Waals surface area contributed by atoms with E-state index in [-0.39, 0.29) is 16.6 Å². The predicted octanol–water partition coefficient (Wildman–Crippen LogP) is 5.36. The Balaban J connectivity index is 3.63. The first-order valence-electron chi connectivity index (χ1n) is 8.15. The fraction of sp³-hybridized carbons (Fsp3) is 0.632. The van der Waals surface area contributed by atoms with E-state index in [4.69, 9.17) is 0 Å². The molecule has 21 heavy (non-hydrogen) atoms. The molecule has 0 heterocycles. The lowest BCUT2D eigenvalue weighted by Crippen LogP contribution is -2.24.